The van der Waals surface area contributed by atoms with Crippen LogP contribution in [0.1, 0.15) is 38.8 Å². The molecule has 1 heteroatoms. The zero-order valence-electron chi connectivity index (χ0n) is 13.1. The van der Waals surface area contributed by atoms with Gasteiger partial charge in [-0.25, -0.2) is 0 Å². The quantitative estimate of drug-likeness (QED) is 0.639. The maximum Gasteiger partial charge on any atom is 0.115 e. The first kappa shape index (κ1) is 19.6. The highest BCUT2D eigenvalue weighted by molar-refractivity contribution is 5.24. The molecule has 0 aliphatic rings. The molecule has 0 spiro atoms. The van der Waals surface area contributed by atoms with Crippen LogP contribution in [0.15, 0.2) is 54.6 Å². The van der Waals surface area contributed by atoms with Crippen LogP contribution in [0.5, 0.6) is 5.75 Å². The summed E-state index contributed by atoms with van der Waals surface area (Å²) in [4.78, 5) is 0. The zero-order valence-corrected chi connectivity index (χ0v) is 13.1. The monoisotopic (exact) mass is 260 g/mol. The predicted molar refractivity (Wildman–Crippen MR) is 86.7 cm³/mol. The minimum atomic E-state index is 0.329. The molecule has 2 aromatic carbocycles. The van der Waals surface area contributed by atoms with E-state index in [1.54, 1.807) is 12.1 Å². The topological polar surface area (TPSA) is 20.2 Å². The van der Waals surface area contributed by atoms with Crippen LogP contribution in [-0.2, 0) is 0 Å². The maximum atomic E-state index is 8.76. The fourth-order valence-corrected chi connectivity index (χ4v) is 1.08. The number of rotatable bonds is 0. The third kappa shape index (κ3) is 12.5. The number of hydrogen-bond acceptors (Lipinski definition) is 1. The minimum Gasteiger partial charge on any atom is -0.508 e. The first-order valence-electron chi connectivity index (χ1n) is 6.96. The predicted octanol–water partition coefficient (Wildman–Crippen LogP) is 5.75. The summed E-state index contributed by atoms with van der Waals surface area (Å²) in [6.07, 6.45) is 0. The molecular formula is C18H28O. The second-order valence-corrected chi connectivity index (χ2v) is 3.49. The second-order valence-electron chi connectivity index (χ2n) is 3.49. The maximum absolute atomic E-state index is 8.76. The molecule has 0 aromatic heterocycles. The number of benzene rings is 2. The van der Waals surface area contributed by atoms with Crippen LogP contribution in [0, 0.1) is 13.8 Å². The van der Waals surface area contributed by atoms with E-state index in [0.717, 1.165) is 0 Å². The Morgan fingerprint density at radius 3 is 1.21 bits per heavy atom. The number of aromatic hydroxyl groups is 1. The number of phenols is 1. The third-order valence-corrected chi connectivity index (χ3v) is 1.97. The lowest BCUT2D eigenvalue weighted by molar-refractivity contribution is 0.475. The molecule has 19 heavy (non-hydrogen) atoms. The summed E-state index contributed by atoms with van der Waals surface area (Å²) in [7, 11) is 0. The van der Waals surface area contributed by atoms with Gasteiger partial charge in [-0.05, 0) is 26.0 Å². The standard InChI is InChI=1S/C7H8O.C7H8.2C2H6/c1-6-2-4-7(8)5-3-6;1-7-5-3-2-4-6-7;2*1-2/h2-5,8H,1H3;2-6H,1H3;2*1-2H3. The van der Waals surface area contributed by atoms with Crippen molar-refractivity contribution in [3.63, 3.8) is 0 Å². The van der Waals surface area contributed by atoms with Crippen LogP contribution < -0.4 is 0 Å². The summed E-state index contributed by atoms with van der Waals surface area (Å²) in [5.41, 5.74) is 2.49. The van der Waals surface area contributed by atoms with Gasteiger partial charge in [0.05, 0.1) is 0 Å². The normalized spacial score (nSPS) is 7.68. The fraction of sp³-hybridized carbons (Fsp3) is 0.333. The van der Waals surface area contributed by atoms with Crippen molar-refractivity contribution in [2.75, 3.05) is 0 Å². The Morgan fingerprint density at radius 1 is 0.579 bits per heavy atom. The van der Waals surface area contributed by atoms with Gasteiger partial charge in [-0.15, -0.1) is 0 Å². The SMILES string of the molecule is CC.CC.Cc1ccc(O)cc1.Cc1ccccc1. The van der Waals surface area contributed by atoms with Gasteiger partial charge in [0.2, 0.25) is 0 Å². The molecule has 0 radical (unpaired) electrons. The fourth-order valence-electron chi connectivity index (χ4n) is 1.08. The molecule has 0 bridgehead atoms. The van der Waals surface area contributed by atoms with Gasteiger partial charge in [0.25, 0.3) is 0 Å². The average molecular weight is 260 g/mol. The summed E-state index contributed by atoms with van der Waals surface area (Å²) in [5, 5.41) is 8.76. The molecule has 0 fully saturated rings. The van der Waals surface area contributed by atoms with Crippen LogP contribution in [-0.4, -0.2) is 5.11 Å². The van der Waals surface area contributed by atoms with E-state index < -0.39 is 0 Å². The van der Waals surface area contributed by atoms with Gasteiger partial charge in [0, 0.05) is 0 Å². The first-order chi connectivity index (χ1) is 9.18. The van der Waals surface area contributed by atoms with E-state index in [9.17, 15) is 0 Å². The Balaban J connectivity index is 0. The summed E-state index contributed by atoms with van der Waals surface area (Å²) in [6, 6.07) is 17.4. The molecule has 0 saturated heterocycles. The van der Waals surface area contributed by atoms with E-state index in [-0.39, 0.29) is 0 Å². The lowest BCUT2D eigenvalue weighted by Crippen LogP contribution is -1.66. The lowest BCUT2D eigenvalue weighted by Gasteiger charge is -1.89. The summed E-state index contributed by atoms with van der Waals surface area (Å²) in [5.74, 6) is 0.329. The van der Waals surface area contributed by atoms with Crippen LogP contribution in [0.4, 0.5) is 0 Å². The van der Waals surface area contributed by atoms with E-state index in [2.05, 4.69) is 19.1 Å². The van der Waals surface area contributed by atoms with Crippen molar-refractivity contribution in [1.29, 1.82) is 0 Å². The molecule has 0 amide bonds. The Morgan fingerprint density at radius 2 is 0.947 bits per heavy atom. The molecule has 2 rings (SSSR count). The van der Waals surface area contributed by atoms with Gasteiger partial charge in [-0.3, -0.25) is 0 Å². The lowest BCUT2D eigenvalue weighted by atomic mass is 10.2. The molecule has 0 aliphatic carbocycles. The molecule has 1 nitrogen and oxygen atoms in total. The summed E-state index contributed by atoms with van der Waals surface area (Å²) < 4.78 is 0. The average Bonchev–Trinajstić information content (AvgIpc) is 2.48. The first-order valence-corrected chi connectivity index (χ1v) is 6.96. The highest BCUT2D eigenvalue weighted by Crippen LogP contribution is 2.07. The molecule has 0 unspecified atom stereocenters. The molecule has 0 atom stereocenters. The van der Waals surface area contributed by atoms with E-state index in [1.807, 2.05) is 65.0 Å². The van der Waals surface area contributed by atoms with Gasteiger partial charge >= 0.3 is 0 Å². The van der Waals surface area contributed by atoms with E-state index >= 15 is 0 Å². The van der Waals surface area contributed by atoms with E-state index in [1.165, 1.54) is 11.1 Å². The van der Waals surface area contributed by atoms with Gasteiger partial charge in [0.1, 0.15) is 5.75 Å². The molecule has 0 aliphatic heterocycles. The van der Waals surface area contributed by atoms with E-state index in [0.29, 0.717) is 5.75 Å². The molecular weight excluding hydrogens is 232 g/mol. The Hall–Kier alpha value is -1.76. The van der Waals surface area contributed by atoms with Crippen LogP contribution in [0.3, 0.4) is 0 Å². The second kappa shape index (κ2) is 14.3. The molecule has 1 N–H and O–H groups in total. The van der Waals surface area contributed by atoms with Crippen LogP contribution in [0.2, 0.25) is 0 Å². The van der Waals surface area contributed by atoms with E-state index in [4.69, 9.17) is 5.11 Å². The highest BCUT2D eigenvalue weighted by Gasteiger charge is 1.82. The van der Waals surface area contributed by atoms with Gasteiger partial charge < -0.3 is 5.11 Å². The molecule has 0 saturated carbocycles. The van der Waals surface area contributed by atoms with Crippen molar-refractivity contribution in [3.8, 4) is 5.75 Å². The summed E-state index contributed by atoms with van der Waals surface area (Å²) in [6.45, 7) is 12.1. The van der Waals surface area contributed by atoms with Crippen molar-refractivity contribution in [2.45, 2.75) is 41.5 Å². The minimum absolute atomic E-state index is 0.329. The van der Waals surface area contributed by atoms with Gasteiger partial charge in [-0.2, -0.15) is 0 Å². The van der Waals surface area contributed by atoms with Crippen LogP contribution >= 0.6 is 0 Å². The Bertz CT molecular complexity index is 355. The van der Waals surface area contributed by atoms with Crippen molar-refractivity contribution < 1.29 is 5.11 Å². The number of hydrogen-bond donors (Lipinski definition) is 1. The third-order valence-electron chi connectivity index (χ3n) is 1.97. The summed E-state index contributed by atoms with van der Waals surface area (Å²) >= 11 is 0. The molecule has 2 aromatic rings. The van der Waals surface area contributed by atoms with Gasteiger partial charge in [-0.1, -0.05) is 81.3 Å². The Kier molecular flexibility index (Phi) is 14.7. The van der Waals surface area contributed by atoms with Crippen molar-refractivity contribution in [3.05, 3.63) is 65.7 Å². The van der Waals surface area contributed by atoms with Crippen LogP contribution in [0.25, 0.3) is 0 Å². The van der Waals surface area contributed by atoms with Crippen molar-refractivity contribution in [2.24, 2.45) is 0 Å². The molecule has 0 heterocycles. The van der Waals surface area contributed by atoms with Gasteiger partial charge in [0.15, 0.2) is 0 Å². The number of phenolic OH excluding ortho intramolecular Hbond substituents is 1. The molecule has 106 valence electrons. The largest absolute Gasteiger partial charge is 0.508 e. The Labute approximate surface area is 118 Å². The zero-order chi connectivity index (χ0) is 15.1. The van der Waals surface area contributed by atoms with Crippen molar-refractivity contribution in [1.82, 2.24) is 0 Å². The highest BCUT2D eigenvalue weighted by atomic mass is 16.3. The number of aryl methyl sites for hydroxylation is 2. The smallest absolute Gasteiger partial charge is 0.115 e. The van der Waals surface area contributed by atoms with Crippen molar-refractivity contribution >= 4 is 0 Å².